The summed E-state index contributed by atoms with van der Waals surface area (Å²) in [6.07, 6.45) is 0. The lowest BCUT2D eigenvalue weighted by atomic mass is 9.82. The van der Waals surface area contributed by atoms with Crippen molar-refractivity contribution in [2.24, 2.45) is 0 Å². The molecule has 10 aromatic rings. The zero-order valence-electron chi connectivity index (χ0n) is 30.0. The lowest BCUT2D eigenvalue weighted by Gasteiger charge is -2.28. The number of furan rings is 1. The van der Waals surface area contributed by atoms with Crippen molar-refractivity contribution < 1.29 is 4.42 Å². The summed E-state index contributed by atoms with van der Waals surface area (Å²) >= 11 is 1.92. The molecule has 2 heterocycles. The predicted molar refractivity (Wildman–Crippen MR) is 230 cm³/mol. The van der Waals surface area contributed by atoms with Crippen molar-refractivity contribution in [1.82, 2.24) is 0 Å². The maximum Gasteiger partial charge on any atom is 0.143 e. The molecular formula is C51H35NOS. The molecule has 0 spiro atoms. The Morgan fingerprint density at radius 1 is 0.463 bits per heavy atom. The van der Waals surface area contributed by atoms with Gasteiger partial charge < -0.3 is 9.32 Å². The fourth-order valence-corrected chi connectivity index (χ4v) is 10.0. The van der Waals surface area contributed by atoms with Crippen LogP contribution in [0.25, 0.3) is 75.5 Å². The van der Waals surface area contributed by atoms with Crippen LogP contribution in [0.15, 0.2) is 180 Å². The Labute approximate surface area is 318 Å². The molecule has 0 aliphatic heterocycles. The summed E-state index contributed by atoms with van der Waals surface area (Å²) in [7, 11) is 0. The van der Waals surface area contributed by atoms with Gasteiger partial charge in [0.05, 0.1) is 0 Å². The summed E-state index contributed by atoms with van der Waals surface area (Å²) in [6, 6.07) is 63.9. The largest absolute Gasteiger partial charge is 0.455 e. The number of anilines is 3. The smallest absolute Gasteiger partial charge is 0.143 e. The third-order valence-corrected chi connectivity index (χ3v) is 12.7. The third kappa shape index (κ3) is 4.65. The van der Waals surface area contributed by atoms with Crippen LogP contribution in [-0.4, -0.2) is 0 Å². The van der Waals surface area contributed by atoms with E-state index in [0.717, 1.165) is 50.1 Å². The van der Waals surface area contributed by atoms with Crippen LogP contribution in [-0.2, 0) is 5.41 Å². The van der Waals surface area contributed by atoms with Gasteiger partial charge in [0.2, 0.25) is 0 Å². The molecule has 11 rings (SSSR count). The van der Waals surface area contributed by atoms with Gasteiger partial charge in [-0.05, 0) is 81.9 Å². The molecular weight excluding hydrogens is 675 g/mol. The van der Waals surface area contributed by atoms with Crippen LogP contribution in [0.4, 0.5) is 17.1 Å². The number of hydrogen-bond acceptors (Lipinski definition) is 3. The molecule has 54 heavy (non-hydrogen) atoms. The van der Waals surface area contributed by atoms with Gasteiger partial charge in [0.25, 0.3) is 0 Å². The highest BCUT2D eigenvalue weighted by atomic mass is 32.1. The summed E-state index contributed by atoms with van der Waals surface area (Å²) in [6.45, 7) is 4.76. The number of fused-ring (bicyclic) bond motifs is 10. The molecule has 0 atom stereocenters. The van der Waals surface area contributed by atoms with Gasteiger partial charge in [0.15, 0.2) is 0 Å². The molecule has 0 radical (unpaired) electrons. The number of thiophene rings is 1. The lowest BCUT2D eigenvalue weighted by Crippen LogP contribution is -2.16. The van der Waals surface area contributed by atoms with E-state index in [1.165, 1.54) is 53.6 Å². The third-order valence-electron chi connectivity index (χ3n) is 11.5. The molecule has 256 valence electrons. The Kier molecular flexibility index (Phi) is 6.80. The number of nitrogens with zero attached hydrogens (tertiary/aromatic N) is 1. The van der Waals surface area contributed by atoms with Crippen LogP contribution in [0, 0.1) is 0 Å². The molecule has 0 fully saturated rings. The lowest BCUT2D eigenvalue weighted by molar-refractivity contribution is 0.661. The molecule has 3 heteroatoms. The Balaban J connectivity index is 1.05. The summed E-state index contributed by atoms with van der Waals surface area (Å²) in [5.74, 6) is 0. The van der Waals surface area contributed by atoms with Crippen LogP contribution in [0.3, 0.4) is 0 Å². The van der Waals surface area contributed by atoms with E-state index >= 15 is 0 Å². The van der Waals surface area contributed by atoms with Crippen molar-refractivity contribution in [3.05, 3.63) is 187 Å². The predicted octanol–water partition coefficient (Wildman–Crippen LogP) is 15.1. The van der Waals surface area contributed by atoms with Crippen LogP contribution in [0.5, 0.6) is 0 Å². The van der Waals surface area contributed by atoms with Crippen LogP contribution < -0.4 is 4.90 Å². The first-order valence-electron chi connectivity index (χ1n) is 18.6. The fraction of sp³-hybridized carbons (Fsp3) is 0.0588. The number of benzene rings is 8. The molecule has 1 aliphatic rings. The molecule has 0 bridgehead atoms. The van der Waals surface area contributed by atoms with Crippen molar-refractivity contribution in [3.8, 4) is 33.4 Å². The summed E-state index contributed by atoms with van der Waals surface area (Å²) in [5, 5.41) is 4.97. The average Bonchev–Trinajstić information content (AvgIpc) is 3.87. The van der Waals surface area contributed by atoms with Gasteiger partial charge >= 0.3 is 0 Å². The summed E-state index contributed by atoms with van der Waals surface area (Å²) in [5.41, 5.74) is 15.2. The zero-order valence-corrected chi connectivity index (χ0v) is 30.8. The molecule has 0 N–H and O–H groups in total. The van der Waals surface area contributed by atoms with Gasteiger partial charge in [-0.25, -0.2) is 0 Å². The Morgan fingerprint density at radius 3 is 1.91 bits per heavy atom. The monoisotopic (exact) mass is 709 g/mol. The van der Waals surface area contributed by atoms with Gasteiger partial charge in [0.1, 0.15) is 11.2 Å². The Morgan fingerprint density at radius 2 is 1.11 bits per heavy atom. The fourth-order valence-electron chi connectivity index (χ4n) is 8.77. The molecule has 1 aliphatic carbocycles. The molecule has 2 aromatic heterocycles. The van der Waals surface area contributed by atoms with Crippen molar-refractivity contribution in [2.75, 3.05) is 4.90 Å². The normalized spacial score (nSPS) is 13.1. The van der Waals surface area contributed by atoms with E-state index in [9.17, 15) is 0 Å². The molecule has 2 nitrogen and oxygen atoms in total. The number of para-hydroxylation sites is 2. The van der Waals surface area contributed by atoms with E-state index in [1.807, 2.05) is 23.5 Å². The van der Waals surface area contributed by atoms with E-state index in [-0.39, 0.29) is 5.41 Å². The van der Waals surface area contributed by atoms with Crippen molar-refractivity contribution >= 4 is 70.5 Å². The van der Waals surface area contributed by atoms with Gasteiger partial charge in [-0.15, -0.1) is 11.3 Å². The number of rotatable bonds is 5. The second-order valence-corrected chi connectivity index (χ2v) is 15.9. The molecule has 0 saturated carbocycles. The number of hydrogen-bond donors (Lipinski definition) is 0. The average molecular weight is 710 g/mol. The molecule has 8 aromatic carbocycles. The molecule has 0 amide bonds. The minimum atomic E-state index is -0.150. The first-order valence-corrected chi connectivity index (χ1v) is 19.4. The maximum atomic E-state index is 6.42. The van der Waals surface area contributed by atoms with Crippen molar-refractivity contribution in [2.45, 2.75) is 19.3 Å². The highest BCUT2D eigenvalue weighted by molar-refractivity contribution is 7.26. The van der Waals surface area contributed by atoms with Crippen LogP contribution in [0.2, 0.25) is 0 Å². The highest BCUT2D eigenvalue weighted by Gasteiger charge is 2.37. The first-order chi connectivity index (χ1) is 26.5. The Bertz CT molecular complexity index is 3060. The Hall–Kier alpha value is -6.42. The van der Waals surface area contributed by atoms with Gasteiger partial charge in [-0.3, -0.25) is 0 Å². The van der Waals surface area contributed by atoms with E-state index < -0.39 is 0 Å². The first kappa shape index (κ1) is 31.1. The zero-order chi connectivity index (χ0) is 36.0. The van der Waals surface area contributed by atoms with Crippen molar-refractivity contribution in [1.29, 1.82) is 0 Å². The van der Waals surface area contributed by atoms with Crippen LogP contribution >= 0.6 is 11.3 Å². The van der Waals surface area contributed by atoms with Crippen molar-refractivity contribution in [3.63, 3.8) is 0 Å². The summed E-state index contributed by atoms with van der Waals surface area (Å²) in [4.78, 5) is 2.40. The van der Waals surface area contributed by atoms with Gasteiger partial charge in [-0.1, -0.05) is 141 Å². The quantitative estimate of drug-likeness (QED) is 0.177. The van der Waals surface area contributed by atoms with E-state index in [4.69, 9.17) is 4.42 Å². The minimum absolute atomic E-state index is 0.150. The second-order valence-electron chi connectivity index (χ2n) is 14.9. The highest BCUT2D eigenvalue weighted by Crippen LogP contribution is 2.55. The summed E-state index contributed by atoms with van der Waals surface area (Å²) < 4.78 is 9.15. The van der Waals surface area contributed by atoms with Crippen LogP contribution in [0.1, 0.15) is 25.0 Å². The molecule has 0 saturated heterocycles. The van der Waals surface area contributed by atoms with Gasteiger partial charge in [-0.2, -0.15) is 0 Å². The van der Waals surface area contributed by atoms with E-state index in [1.54, 1.807) is 0 Å². The minimum Gasteiger partial charge on any atom is -0.455 e. The SMILES string of the molecule is CC1(C)c2cc(N(c3ccc(-c4ccccc4)cc3)c3ccc(-c4cccc5c4oc4ccccc45)cc3)ccc2-c2c1ccc1c2sc2ccccc21. The standard InChI is InChI=1S/C51H35NOS/c1-51(2)44-30-29-42-40-14-7-9-18-47(40)54-50(42)48(44)43-28-27-37(31-45(43)51)52(35-23-19-33(20-24-35)32-11-4-3-5-12-32)36-25-21-34(22-26-36)38-15-10-16-41-39-13-6-8-17-46(39)53-49(38)41/h3-31H,1-2H3. The maximum absolute atomic E-state index is 6.42. The second kappa shape index (κ2) is 11.8. The van der Waals surface area contributed by atoms with E-state index in [2.05, 4.69) is 183 Å². The van der Waals surface area contributed by atoms with Gasteiger partial charge in [0, 0.05) is 64.5 Å². The topological polar surface area (TPSA) is 16.4 Å². The molecule has 0 unspecified atom stereocenters. The van der Waals surface area contributed by atoms with E-state index in [0.29, 0.717) is 0 Å².